The minimum atomic E-state index is -0.965. The van der Waals surface area contributed by atoms with Gasteiger partial charge < -0.3 is 10.6 Å². The first kappa shape index (κ1) is 14.0. The molecule has 5 nitrogen and oxygen atoms in total. The van der Waals surface area contributed by atoms with Crippen molar-refractivity contribution < 1.29 is 14.0 Å². The van der Waals surface area contributed by atoms with Gasteiger partial charge in [0, 0.05) is 6.42 Å². The van der Waals surface area contributed by atoms with Crippen LogP contribution in [0.2, 0.25) is 0 Å². The standard InChI is InChI=1S/C15H18FN3O2/c16-12-3-1-2-10(8-12)9-15(11-4-6-17-7-5-11)13(20)18-14(21)19-15/h1-3,8,11,17H,4-7,9H2,(H2,18,19,20,21). The molecule has 3 rings (SSSR count). The van der Waals surface area contributed by atoms with Gasteiger partial charge in [-0.05, 0) is 49.5 Å². The largest absolute Gasteiger partial charge is 0.323 e. The van der Waals surface area contributed by atoms with Crippen molar-refractivity contribution >= 4 is 11.9 Å². The summed E-state index contributed by atoms with van der Waals surface area (Å²) in [6.07, 6.45) is 1.93. The van der Waals surface area contributed by atoms with E-state index in [1.165, 1.54) is 12.1 Å². The lowest BCUT2D eigenvalue weighted by atomic mass is 9.74. The zero-order valence-electron chi connectivity index (χ0n) is 11.6. The van der Waals surface area contributed by atoms with Crippen LogP contribution in [0.3, 0.4) is 0 Å². The molecule has 0 aromatic heterocycles. The molecule has 3 N–H and O–H groups in total. The lowest BCUT2D eigenvalue weighted by Gasteiger charge is -2.37. The van der Waals surface area contributed by atoms with Crippen LogP contribution in [0.1, 0.15) is 18.4 Å². The number of hydrogen-bond donors (Lipinski definition) is 3. The van der Waals surface area contributed by atoms with Crippen LogP contribution in [0.25, 0.3) is 0 Å². The third-order valence-corrected chi connectivity index (χ3v) is 4.38. The highest BCUT2D eigenvalue weighted by Gasteiger charge is 2.51. The quantitative estimate of drug-likeness (QED) is 0.726. The number of hydrogen-bond acceptors (Lipinski definition) is 3. The van der Waals surface area contributed by atoms with Crippen molar-refractivity contribution in [2.75, 3.05) is 13.1 Å². The highest BCUT2D eigenvalue weighted by molar-refractivity contribution is 6.07. The molecule has 3 amide bonds. The fourth-order valence-corrected chi connectivity index (χ4v) is 3.35. The number of halogens is 1. The maximum atomic E-state index is 13.4. The third-order valence-electron chi connectivity index (χ3n) is 4.38. The van der Waals surface area contributed by atoms with Gasteiger partial charge in [0.1, 0.15) is 11.4 Å². The molecule has 1 atom stereocenters. The first-order valence-electron chi connectivity index (χ1n) is 7.19. The van der Waals surface area contributed by atoms with Crippen molar-refractivity contribution in [3.8, 4) is 0 Å². The maximum absolute atomic E-state index is 13.4. The SMILES string of the molecule is O=C1NC(=O)C(Cc2cccc(F)c2)(C2CCNCC2)N1. The molecule has 0 bridgehead atoms. The van der Waals surface area contributed by atoms with E-state index in [1.54, 1.807) is 12.1 Å². The van der Waals surface area contributed by atoms with Crippen LogP contribution in [-0.4, -0.2) is 30.6 Å². The first-order valence-corrected chi connectivity index (χ1v) is 7.19. The summed E-state index contributed by atoms with van der Waals surface area (Å²) in [5.41, 5.74) is -0.252. The monoisotopic (exact) mass is 291 g/mol. The van der Waals surface area contributed by atoms with E-state index < -0.39 is 11.6 Å². The van der Waals surface area contributed by atoms with E-state index in [-0.39, 0.29) is 17.6 Å². The normalized spacial score (nSPS) is 26.5. The molecule has 1 aromatic carbocycles. The van der Waals surface area contributed by atoms with E-state index in [9.17, 15) is 14.0 Å². The second-order valence-corrected chi connectivity index (χ2v) is 5.71. The summed E-state index contributed by atoms with van der Waals surface area (Å²) in [4.78, 5) is 24.0. The minimum Gasteiger partial charge on any atom is -0.323 e. The number of urea groups is 1. The van der Waals surface area contributed by atoms with Crippen LogP contribution in [-0.2, 0) is 11.2 Å². The Morgan fingerprint density at radius 3 is 2.62 bits per heavy atom. The topological polar surface area (TPSA) is 70.2 Å². The van der Waals surface area contributed by atoms with E-state index in [4.69, 9.17) is 0 Å². The smallest absolute Gasteiger partial charge is 0.322 e. The summed E-state index contributed by atoms with van der Waals surface area (Å²) in [6, 6.07) is 5.73. The average Bonchev–Trinajstić information content (AvgIpc) is 2.75. The summed E-state index contributed by atoms with van der Waals surface area (Å²) in [6.45, 7) is 1.64. The molecule has 0 radical (unpaired) electrons. The Labute approximate surface area is 122 Å². The maximum Gasteiger partial charge on any atom is 0.322 e. The van der Waals surface area contributed by atoms with E-state index in [0.717, 1.165) is 25.9 Å². The number of imide groups is 1. The fraction of sp³-hybridized carbons (Fsp3) is 0.467. The van der Waals surface area contributed by atoms with Crippen LogP contribution in [0.5, 0.6) is 0 Å². The van der Waals surface area contributed by atoms with Gasteiger partial charge in [-0.25, -0.2) is 9.18 Å². The molecule has 0 saturated carbocycles. The Hall–Kier alpha value is -1.95. The molecule has 6 heteroatoms. The van der Waals surface area contributed by atoms with Crippen LogP contribution in [0, 0.1) is 11.7 Å². The number of amides is 3. The Kier molecular flexibility index (Phi) is 3.63. The summed E-state index contributed by atoms with van der Waals surface area (Å²) < 4.78 is 13.4. The fourth-order valence-electron chi connectivity index (χ4n) is 3.35. The summed E-state index contributed by atoms with van der Waals surface area (Å²) in [7, 11) is 0. The number of piperidine rings is 1. The number of nitrogens with one attached hydrogen (secondary N) is 3. The first-order chi connectivity index (χ1) is 10.1. The average molecular weight is 291 g/mol. The van der Waals surface area contributed by atoms with Crippen molar-refractivity contribution in [1.29, 1.82) is 0 Å². The van der Waals surface area contributed by atoms with Gasteiger partial charge in [0.15, 0.2) is 0 Å². The molecular formula is C15H18FN3O2. The van der Waals surface area contributed by atoms with Gasteiger partial charge >= 0.3 is 6.03 Å². The predicted octanol–water partition coefficient (Wildman–Crippen LogP) is 0.946. The van der Waals surface area contributed by atoms with Crippen molar-refractivity contribution in [1.82, 2.24) is 16.0 Å². The Balaban J connectivity index is 1.92. The Bertz CT molecular complexity index is 572. The van der Waals surface area contributed by atoms with Gasteiger partial charge in [-0.15, -0.1) is 0 Å². The van der Waals surface area contributed by atoms with Gasteiger partial charge in [0.2, 0.25) is 0 Å². The highest BCUT2D eigenvalue weighted by Crippen LogP contribution is 2.32. The van der Waals surface area contributed by atoms with Gasteiger partial charge in [-0.2, -0.15) is 0 Å². The van der Waals surface area contributed by atoms with Crippen molar-refractivity contribution in [3.63, 3.8) is 0 Å². The number of rotatable bonds is 3. The molecule has 2 aliphatic heterocycles. The zero-order chi connectivity index (χ0) is 14.9. The van der Waals surface area contributed by atoms with Crippen molar-refractivity contribution in [3.05, 3.63) is 35.6 Å². The molecule has 21 heavy (non-hydrogen) atoms. The second-order valence-electron chi connectivity index (χ2n) is 5.71. The van der Waals surface area contributed by atoms with E-state index in [1.807, 2.05) is 0 Å². The summed E-state index contributed by atoms with van der Waals surface area (Å²) >= 11 is 0. The van der Waals surface area contributed by atoms with Gasteiger partial charge in [-0.3, -0.25) is 10.1 Å². The lowest BCUT2D eigenvalue weighted by Crippen LogP contribution is -2.57. The summed E-state index contributed by atoms with van der Waals surface area (Å²) in [5.74, 6) is -0.588. The Morgan fingerprint density at radius 1 is 1.24 bits per heavy atom. The van der Waals surface area contributed by atoms with E-state index >= 15 is 0 Å². The third kappa shape index (κ3) is 2.63. The molecule has 2 fully saturated rings. The second kappa shape index (κ2) is 5.44. The number of carbonyl (C=O) groups is 2. The molecule has 112 valence electrons. The molecule has 1 unspecified atom stereocenters. The minimum absolute atomic E-state index is 0.0495. The van der Waals surface area contributed by atoms with Crippen LogP contribution in [0.15, 0.2) is 24.3 Å². The van der Waals surface area contributed by atoms with Crippen LogP contribution < -0.4 is 16.0 Å². The molecule has 1 aromatic rings. The molecule has 2 heterocycles. The molecular weight excluding hydrogens is 273 g/mol. The predicted molar refractivity (Wildman–Crippen MR) is 75.1 cm³/mol. The molecule has 0 spiro atoms. The van der Waals surface area contributed by atoms with E-state index in [2.05, 4.69) is 16.0 Å². The van der Waals surface area contributed by atoms with Gasteiger partial charge in [0.05, 0.1) is 0 Å². The highest BCUT2D eigenvalue weighted by atomic mass is 19.1. The van der Waals surface area contributed by atoms with Crippen LogP contribution in [0.4, 0.5) is 9.18 Å². The molecule has 2 aliphatic rings. The molecule has 0 aliphatic carbocycles. The van der Waals surface area contributed by atoms with E-state index in [0.29, 0.717) is 12.0 Å². The van der Waals surface area contributed by atoms with Crippen molar-refractivity contribution in [2.24, 2.45) is 5.92 Å². The van der Waals surface area contributed by atoms with Crippen LogP contribution >= 0.6 is 0 Å². The summed E-state index contributed by atoms with van der Waals surface area (Å²) in [5, 5.41) is 8.39. The lowest BCUT2D eigenvalue weighted by molar-refractivity contribution is -0.126. The number of carbonyl (C=O) groups excluding carboxylic acids is 2. The zero-order valence-corrected chi connectivity index (χ0v) is 11.6. The number of benzene rings is 1. The van der Waals surface area contributed by atoms with Crippen molar-refractivity contribution in [2.45, 2.75) is 24.8 Å². The molecule has 2 saturated heterocycles. The van der Waals surface area contributed by atoms with Gasteiger partial charge in [0.25, 0.3) is 5.91 Å². The Morgan fingerprint density at radius 2 is 2.00 bits per heavy atom. The van der Waals surface area contributed by atoms with Gasteiger partial charge in [-0.1, -0.05) is 12.1 Å².